The molecule has 1 aliphatic heterocycles. The molecule has 0 bridgehead atoms. The molecule has 1 aromatic heterocycles. The average Bonchev–Trinajstić information content (AvgIpc) is 2.63. The second-order valence-electron chi connectivity index (χ2n) is 5.58. The molecule has 0 saturated heterocycles. The third kappa shape index (κ3) is 3.49. The molecule has 2 rings (SSSR count). The molecule has 0 fully saturated rings. The first kappa shape index (κ1) is 13.4. The van der Waals surface area contributed by atoms with Crippen LogP contribution < -0.4 is 5.32 Å². The lowest BCUT2D eigenvalue weighted by Gasteiger charge is -2.30. The Bertz CT molecular complexity index is 359. The maximum Gasteiger partial charge on any atom is 0.0649 e. The molecule has 17 heavy (non-hydrogen) atoms. The van der Waals surface area contributed by atoms with Crippen molar-refractivity contribution in [3.05, 3.63) is 17.0 Å². The van der Waals surface area contributed by atoms with E-state index in [9.17, 15) is 0 Å². The Labute approximate surface area is 113 Å². The molecule has 0 aliphatic carbocycles. The third-order valence-corrected chi connectivity index (χ3v) is 5.56. The first-order valence-electron chi connectivity index (χ1n) is 6.56. The summed E-state index contributed by atoms with van der Waals surface area (Å²) in [4.78, 5) is 0. The smallest absolute Gasteiger partial charge is 0.0649 e. The fourth-order valence-electron chi connectivity index (χ4n) is 2.63. The van der Waals surface area contributed by atoms with E-state index in [0.29, 0.717) is 12.1 Å². The molecule has 0 amide bonds. The van der Waals surface area contributed by atoms with Crippen LogP contribution >= 0.6 is 23.1 Å². The maximum absolute atomic E-state index is 3.82. The van der Waals surface area contributed by atoms with E-state index in [1.165, 1.54) is 22.6 Å². The number of rotatable bonds is 4. The zero-order chi connectivity index (χ0) is 12.4. The van der Waals surface area contributed by atoms with Gasteiger partial charge in [0.05, 0.1) is 4.21 Å². The summed E-state index contributed by atoms with van der Waals surface area (Å²) in [6.07, 6.45) is 2.52. The van der Waals surface area contributed by atoms with E-state index in [1.807, 2.05) is 23.1 Å². The molecule has 1 N–H and O–H groups in total. The van der Waals surface area contributed by atoms with Crippen LogP contribution in [0.25, 0.3) is 0 Å². The van der Waals surface area contributed by atoms with E-state index in [1.54, 1.807) is 0 Å². The lowest BCUT2D eigenvalue weighted by atomic mass is 10.0. The van der Waals surface area contributed by atoms with Gasteiger partial charge in [-0.1, -0.05) is 20.8 Å². The van der Waals surface area contributed by atoms with E-state index >= 15 is 0 Å². The maximum atomic E-state index is 3.82. The molecule has 2 heterocycles. The Morgan fingerprint density at radius 2 is 2.18 bits per heavy atom. The third-order valence-electron chi connectivity index (χ3n) is 3.22. The van der Waals surface area contributed by atoms with Crippen molar-refractivity contribution in [2.45, 2.75) is 62.1 Å². The van der Waals surface area contributed by atoms with Crippen LogP contribution in [0.5, 0.6) is 0 Å². The quantitative estimate of drug-likeness (QED) is 0.850. The zero-order valence-electron chi connectivity index (χ0n) is 11.2. The molecule has 1 aliphatic rings. The Morgan fingerprint density at radius 3 is 2.88 bits per heavy atom. The topological polar surface area (TPSA) is 12.0 Å². The van der Waals surface area contributed by atoms with E-state index in [2.05, 4.69) is 44.5 Å². The predicted molar refractivity (Wildman–Crippen MR) is 79.0 cm³/mol. The molecular weight excluding hydrogens is 246 g/mol. The van der Waals surface area contributed by atoms with Crippen LogP contribution in [0.2, 0.25) is 0 Å². The average molecular weight is 269 g/mol. The molecule has 0 saturated carbocycles. The first-order valence-corrected chi connectivity index (χ1v) is 8.32. The van der Waals surface area contributed by atoms with Crippen molar-refractivity contribution < 1.29 is 0 Å². The highest BCUT2D eigenvalue weighted by atomic mass is 32.2. The molecule has 0 spiro atoms. The number of thiophene rings is 1. The molecule has 3 atom stereocenters. The molecular formula is C14H23NS2. The highest BCUT2D eigenvalue weighted by Crippen LogP contribution is 2.43. The predicted octanol–water partition coefficient (Wildman–Crippen LogP) is 4.70. The number of hydrogen-bond acceptors (Lipinski definition) is 3. The summed E-state index contributed by atoms with van der Waals surface area (Å²) in [7, 11) is 0. The SMILES string of the molecule is CC(C)CC(C)NC1C[C@H](C)Sc2sccc21. The summed E-state index contributed by atoms with van der Waals surface area (Å²) in [6.45, 7) is 9.26. The normalized spacial score (nSPS) is 25.9. The van der Waals surface area contributed by atoms with Gasteiger partial charge in [0, 0.05) is 17.3 Å². The van der Waals surface area contributed by atoms with E-state index in [-0.39, 0.29) is 0 Å². The minimum absolute atomic E-state index is 0.571. The van der Waals surface area contributed by atoms with Gasteiger partial charge in [0.1, 0.15) is 0 Å². The number of fused-ring (bicyclic) bond motifs is 1. The summed E-state index contributed by atoms with van der Waals surface area (Å²) in [6, 6.07) is 3.49. The Morgan fingerprint density at radius 1 is 1.41 bits per heavy atom. The van der Waals surface area contributed by atoms with Crippen LogP contribution in [0.3, 0.4) is 0 Å². The van der Waals surface area contributed by atoms with Crippen molar-refractivity contribution in [3.63, 3.8) is 0 Å². The van der Waals surface area contributed by atoms with E-state index in [0.717, 1.165) is 11.2 Å². The van der Waals surface area contributed by atoms with Gasteiger partial charge >= 0.3 is 0 Å². The van der Waals surface area contributed by atoms with Crippen LogP contribution in [0.1, 0.15) is 52.1 Å². The zero-order valence-corrected chi connectivity index (χ0v) is 12.8. The fourth-order valence-corrected chi connectivity index (χ4v) is 5.19. The number of nitrogens with one attached hydrogen (secondary N) is 1. The van der Waals surface area contributed by atoms with E-state index in [4.69, 9.17) is 0 Å². The monoisotopic (exact) mass is 269 g/mol. The van der Waals surface area contributed by atoms with Crippen molar-refractivity contribution in [2.24, 2.45) is 5.92 Å². The van der Waals surface area contributed by atoms with Crippen molar-refractivity contribution >= 4 is 23.1 Å². The van der Waals surface area contributed by atoms with Crippen LogP contribution in [-0.4, -0.2) is 11.3 Å². The molecule has 1 aromatic rings. The number of hydrogen-bond donors (Lipinski definition) is 1. The molecule has 3 heteroatoms. The van der Waals surface area contributed by atoms with Gasteiger partial charge in [-0.2, -0.15) is 0 Å². The van der Waals surface area contributed by atoms with Crippen LogP contribution in [0, 0.1) is 5.92 Å². The summed E-state index contributed by atoms with van der Waals surface area (Å²) in [5.41, 5.74) is 1.54. The van der Waals surface area contributed by atoms with Crippen LogP contribution in [0.15, 0.2) is 15.7 Å². The van der Waals surface area contributed by atoms with Gasteiger partial charge in [0.25, 0.3) is 0 Å². The van der Waals surface area contributed by atoms with Gasteiger partial charge in [0.15, 0.2) is 0 Å². The molecule has 1 nitrogen and oxygen atoms in total. The van der Waals surface area contributed by atoms with Gasteiger partial charge < -0.3 is 5.32 Å². The molecule has 96 valence electrons. The minimum Gasteiger partial charge on any atom is -0.307 e. The summed E-state index contributed by atoms with van der Waals surface area (Å²) in [5, 5.41) is 6.79. The minimum atomic E-state index is 0.571. The second kappa shape index (κ2) is 5.77. The largest absolute Gasteiger partial charge is 0.307 e. The highest BCUT2D eigenvalue weighted by Gasteiger charge is 2.27. The van der Waals surface area contributed by atoms with Crippen molar-refractivity contribution in [3.8, 4) is 0 Å². The summed E-state index contributed by atoms with van der Waals surface area (Å²) < 4.78 is 1.53. The van der Waals surface area contributed by atoms with Crippen molar-refractivity contribution in [1.29, 1.82) is 0 Å². The van der Waals surface area contributed by atoms with Crippen LogP contribution in [-0.2, 0) is 0 Å². The Hall–Kier alpha value is 0.0100. The second-order valence-corrected chi connectivity index (χ2v) is 8.20. The fraction of sp³-hybridized carbons (Fsp3) is 0.714. The van der Waals surface area contributed by atoms with Gasteiger partial charge in [-0.25, -0.2) is 0 Å². The lowest BCUT2D eigenvalue weighted by Crippen LogP contribution is -2.34. The molecule has 2 unspecified atom stereocenters. The van der Waals surface area contributed by atoms with Crippen molar-refractivity contribution in [2.75, 3.05) is 0 Å². The Kier molecular flexibility index (Phi) is 4.56. The van der Waals surface area contributed by atoms with Crippen molar-refractivity contribution in [1.82, 2.24) is 5.32 Å². The van der Waals surface area contributed by atoms with Gasteiger partial charge in [-0.3, -0.25) is 0 Å². The Balaban J connectivity index is 2.02. The summed E-state index contributed by atoms with van der Waals surface area (Å²) in [5.74, 6) is 0.773. The summed E-state index contributed by atoms with van der Waals surface area (Å²) >= 11 is 3.94. The number of thioether (sulfide) groups is 1. The van der Waals surface area contributed by atoms with Gasteiger partial charge in [-0.15, -0.1) is 23.1 Å². The molecule has 0 aromatic carbocycles. The van der Waals surface area contributed by atoms with Gasteiger partial charge in [-0.05, 0) is 42.7 Å². The first-order chi connectivity index (χ1) is 8.06. The standard InChI is InChI=1S/C14H23NS2/c1-9(2)7-10(3)15-13-8-11(4)17-14-12(13)5-6-16-14/h5-6,9-11,13,15H,7-8H2,1-4H3/t10?,11-,13?/m0/s1. The van der Waals surface area contributed by atoms with Crippen LogP contribution in [0.4, 0.5) is 0 Å². The highest BCUT2D eigenvalue weighted by molar-refractivity contribution is 8.01. The van der Waals surface area contributed by atoms with E-state index < -0.39 is 0 Å². The lowest BCUT2D eigenvalue weighted by molar-refractivity contribution is 0.377. The molecule has 0 radical (unpaired) electrons. The van der Waals surface area contributed by atoms with Gasteiger partial charge in [0.2, 0.25) is 0 Å².